The fourth-order valence-corrected chi connectivity index (χ4v) is 11.4. The van der Waals surface area contributed by atoms with Crippen LogP contribution in [0.2, 0.25) is 0 Å². The first-order chi connectivity index (χ1) is 38.0. The number of carbonyl (C=O) groups excluding carboxylic acids is 1. The number of aliphatic hydroxyl groups is 4. The first-order valence-electron chi connectivity index (χ1n) is 33.2. The molecule has 0 radical (unpaired) electrons. The molecule has 6 N–H and O–H groups in total. The maximum absolute atomic E-state index is 13.2. The molecule has 7 unspecified atom stereocenters. The number of unbranched alkanes of at least 4 members (excludes halogenated alkanes) is 45. The van der Waals surface area contributed by atoms with Crippen LogP contribution in [-0.4, -0.2) is 95.4 Å². The summed E-state index contributed by atoms with van der Waals surface area (Å²) in [4.78, 5) is 13.2. The van der Waals surface area contributed by atoms with Gasteiger partial charge in [-0.2, -0.15) is 8.42 Å². The van der Waals surface area contributed by atoms with Crippen LogP contribution in [0.1, 0.15) is 328 Å². The fraction of sp³-hybridized carbons (Fsp3) is 0.923. The van der Waals surface area contributed by atoms with E-state index in [-0.39, 0.29) is 18.9 Å². The van der Waals surface area contributed by atoms with Gasteiger partial charge in [0.05, 0.1) is 25.4 Å². The van der Waals surface area contributed by atoms with Crippen molar-refractivity contribution in [3.63, 3.8) is 0 Å². The lowest BCUT2D eigenvalue weighted by molar-refractivity contribution is -0.298. The van der Waals surface area contributed by atoms with Crippen LogP contribution in [0.15, 0.2) is 24.3 Å². The largest absolute Gasteiger partial charge is 0.397 e. The minimum Gasteiger partial charge on any atom is -0.394 e. The van der Waals surface area contributed by atoms with Gasteiger partial charge in [-0.3, -0.25) is 9.35 Å². The summed E-state index contributed by atoms with van der Waals surface area (Å²) in [6.45, 7) is 3.45. The zero-order valence-corrected chi connectivity index (χ0v) is 51.3. The smallest absolute Gasteiger partial charge is 0.394 e. The van der Waals surface area contributed by atoms with Crippen molar-refractivity contribution in [3.05, 3.63) is 24.3 Å². The lowest BCUT2D eigenvalue weighted by Gasteiger charge is -2.41. The average molecular weight is 1130 g/mol. The van der Waals surface area contributed by atoms with E-state index < -0.39 is 59.9 Å². The molecule has 1 aliphatic heterocycles. The molecule has 1 rings (SSSR count). The molecule has 78 heavy (non-hydrogen) atoms. The summed E-state index contributed by atoms with van der Waals surface area (Å²) < 4.78 is 48.0. The van der Waals surface area contributed by atoms with Crippen molar-refractivity contribution in [2.24, 2.45) is 0 Å². The highest BCUT2D eigenvalue weighted by Crippen LogP contribution is 2.26. The molecule has 0 aromatic rings. The quantitative estimate of drug-likeness (QED) is 0.0193. The molecule has 1 fully saturated rings. The monoisotopic (exact) mass is 1130 g/mol. The van der Waals surface area contributed by atoms with Crippen molar-refractivity contribution in [2.45, 2.75) is 371 Å². The van der Waals surface area contributed by atoms with Crippen LogP contribution >= 0.6 is 0 Å². The molecular weight excluding hydrogens is 1000 g/mol. The summed E-state index contributed by atoms with van der Waals surface area (Å²) in [6, 6.07) is -0.944. The van der Waals surface area contributed by atoms with Gasteiger partial charge in [0.25, 0.3) is 0 Å². The Bertz CT molecular complexity index is 1470. The minimum atomic E-state index is -5.09. The zero-order valence-electron chi connectivity index (χ0n) is 50.5. The summed E-state index contributed by atoms with van der Waals surface area (Å²) in [5, 5.41) is 45.1. The molecule has 1 aliphatic rings. The minimum absolute atomic E-state index is 0.256. The van der Waals surface area contributed by atoms with Crippen LogP contribution in [0.3, 0.4) is 0 Å². The van der Waals surface area contributed by atoms with Crippen LogP contribution in [-0.2, 0) is 28.9 Å². The van der Waals surface area contributed by atoms with E-state index in [0.29, 0.717) is 6.42 Å². The lowest BCUT2D eigenvalue weighted by Crippen LogP contribution is -2.61. The molecule has 12 nitrogen and oxygen atoms in total. The van der Waals surface area contributed by atoms with Crippen LogP contribution in [0.5, 0.6) is 0 Å². The number of rotatable bonds is 59. The topological polar surface area (TPSA) is 192 Å². The van der Waals surface area contributed by atoms with E-state index in [4.69, 9.17) is 9.47 Å². The Kier molecular flexibility index (Phi) is 52.4. The van der Waals surface area contributed by atoms with Gasteiger partial charge in [0, 0.05) is 6.42 Å². The number of hydrogen-bond donors (Lipinski definition) is 6. The highest BCUT2D eigenvalue weighted by atomic mass is 32.3. The molecule has 0 aromatic carbocycles. The van der Waals surface area contributed by atoms with Crippen LogP contribution < -0.4 is 5.32 Å². The molecule has 7 atom stereocenters. The SMILES string of the molecule is CCCCCCCCCCCCCC/C=C\CCCCCCCCCCCCCCCCC(=O)NC(COC1OC(CO)C(O)C(OS(=O)(=O)O)C1O)C(O)/C=C/CCCCCCCCCCCCCCCCCCCCC. The van der Waals surface area contributed by atoms with E-state index in [1.54, 1.807) is 6.08 Å². The molecule has 13 heteroatoms. The van der Waals surface area contributed by atoms with Gasteiger partial charge >= 0.3 is 10.4 Å². The molecule has 1 amide bonds. The van der Waals surface area contributed by atoms with E-state index >= 15 is 0 Å². The van der Waals surface area contributed by atoms with Crippen molar-refractivity contribution in [1.29, 1.82) is 0 Å². The second kappa shape index (κ2) is 54.8. The molecule has 0 aliphatic carbocycles. The van der Waals surface area contributed by atoms with Gasteiger partial charge in [-0.25, -0.2) is 4.18 Å². The third kappa shape index (κ3) is 46.1. The van der Waals surface area contributed by atoms with Crippen molar-refractivity contribution in [1.82, 2.24) is 5.32 Å². The van der Waals surface area contributed by atoms with Gasteiger partial charge in [0.15, 0.2) is 6.29 Å². The molecule has 1 saturated heterocycles. The maximum Gasteiger partial charge on any atom is 0.397 e. The zero-order chi connectivity index (χ0) is 56.8. The summed E-state index contributed by atoms with van der Waals surface area (Å²) in [5.74, 6) is -0.256. The summed E-state index contributed by atoms with van der Waals surface area (Å²) in [5.41, 5.74) is 0. The van der Waals surface area contributed by atoms with E-state index in [2.05, 4.69) is 35.5 Å². The summed E-state index contributed by atoms with van der Waals surface area (Å²) in [7, 11) is -5.09. The van der Waals surface area contributed by atoms with E-state index in [0.717, 1.165) is 38.5 Å². The van der Waals surface area contributed by atoms with E-state index in [1.165, 1.54) is 263 Å². The predicted octanol–water partition coefficient (Wildman–Crippen LogP) is 16.7. The van der Waals surface area contributed by atoms with Crippen molar-refractivity contribution < 1.29 is 51.8 Å². The number of aliphatic hydroxyl groups excluding tert-OH is 4. The second-order valence-electron chi connectivity index (χ2n) is 23.4. The molecule has 0 bridgehead atoms. The van der Waals surface area contributed by atoms with Gasteiger partial charge < -0.3 is 35.2 Å². The number of ether oxygens (including phenoxy) is 2. The van der Waals surface area contributed by atoms with E-state index in [9.17, 15) is 38.2 Å². The van der Waals surface area contributed by atoms with Gasteiger partial charge in [-0.1, -0.05) is 301 Å². The van der Waals surface area contributed by atoms with E-state index in [1.807, 2.05) is 6.08 Å². The van der Waals surface area contributed by atoms with Crippen LogP contribution in [0.4, 0.5) is 0 Å². The Morgan fingerprint density at radius 1 is 0.500 bits per heavy atom. The molecule has 1 heterocycles. The number of nitrogens with one attached hydrogen (secondary N) is 1. The van der Waals surface area contributed by atoms with Gasteiger partial charge in [0.1, 0.15) is 24.4 Å². The third-order valence-electron chi connectivity index (χ3n) is 16.0. The first kappa shape index (κ1) is 74.6. The second-order valence-corrected chi connectivity index (χ2v) is 24.5. The third-order valence-corrected chi connectivity index (χ3v) is 16.4. The van der Waals surface area contributed by atoms with Crippen LogP contribution in [0.25, 0.3) is 0 Å². The molecule has 462 valence electrons. The number of allylic oxidation sites excluding steroid dienone is 3. The Hall–Kier alpha value is -1.42. The first-order valence-corrected chi connectivity index (χ1v) is 34.6. The summed E-state index contributed by atoms with van der Waals surface area (Å²) >= 11 is 0. The van der Waals surface area contributed by atoms with Crippen molar-refractivity contribution in [2.75, 3.05) is 13.2 Å². The maximum atomic E-state index is 13.2. The number of carbonyl (C=O) groups is 1. The predicted molar refractivity (Wildman–Crippen MR) is 324 cm³/mol. The van der Waals surface area contributed by atoms with Crippen LogP contribution in [0, 0.1) is 0 Å². The molecule has 0 saturated carbocycles. The number of hydrogen-bond acceptors (Lipinski definition) is 10. The lowest BCUT2D eigenvalue weighted by atomic mass is 9.99. The summed E-state index contributed by atoms with van der Waals surface area (Å²) in [6.07, 6.45) is 61.0. The van der Waals surface area contributed by atoms with Crippen molar-refractivity contribution >= 4 is 16.3 Å². The average Bonchev–Trinajstić information content (AvgIpc) is 3.45. The fourth-order valence-electron chi connectivity index (χ4n) is 10.9. The Balaban J connectivity index is 2.27. The van der Waals surface area contributed by atoms with Gasteiger partial charge in [-0.15, -0.1) is 0 Å². The van der Waals surface area contributed by atoms with Gasteiger partial charge in [-0.05, 0) is 44.9 Å². The Morgan fingerprint density at radius 2 is 0.821 bits per heavy atom. The standard InChI is InChI=1S/C65H125NO11S/c1-3-5-7-9-11-13-15-17-19-21-23-25-26-27-28-29-30-31-32-33-35-37-39-41-43-45-47-49-51-53-55-61(69)66-58(57-75-65-63(71)64(77-78(72,73)74)62(70)60(56-67)76-65)59(68)54-52-50-48-46-44-42-40-38-36-34-24-22-20-18-16-14-12-10-8-6-4-2/h27-28,52,54,58-60,62-65,67-68,70-71H,3-26,29-51,53,55-57H2,1-2H3,(H,66,69)(H,72,73,74)/b28-27-,54-52+. The Labute approximate surface area is 480 Å². The molecular formula is C65H125NO11S. The molecule has 0 aromatic heterocycles. The molecule has 0 spiro atoms. The highest BCUT2D eigenvalue weighted by Gasteiger charge is 2.48. The number of amides is 1. The highest BCUT2D eigenvalue weighted by molar-refractivity contribution is 7.80. The Morgan fingerprint density at radius 3 is 1.15 bits per heavy atom. The van der Waals surface area contributed by atoms with Gasteiger partial charge in [0.2, 0.25) is 5.91 Å². The van der Waals surface area contributed by atoms with Crippen molar-refractivity contribution in [3.8, 4) is 0 Å². The normalized spacial score (nSPS) is 18.9.